The second-order valence-electron chi connectivity index (χ2n) is 5.77. The third kappa shape index (κ3) is 3.17. The summed E-state index contributed by atoms with van der Waals surface area (Å²) in [6.07, 6.45) is 0. The third-order valence-electron chi connectivity index (χ3n) is 4.17. The molecule has 1 aliphatic heterocycles. The van der Waals surface area contributed by atoms with E-state index >= 15 is 0 Å². The predicted octanol–water partition coefficient (Wildman–Crippen LogP) is 1.81. The fourth-order valence-electron chi connectivity index (χ4n) is 2.91. The van der Waals surface area contributed by atoms with Crippen LogP contribution in [0.2, 0.25) is 0 Å². The molecule has 2 aromatic carbocycles. The van der Waals surface area contributed by atoms with Crippen molar-refractivity contribution in [2.45, 2.75) is 6.92 Å². The maximum Gasteiger partial charge on any atom is 0.254 e. The minimum absolute atomic E-state index is 0.0989. The summed E-state index contributed by atoms with van der Waals surface area (Å²) in [5.41, 5.74) is 2.94. The van der Waals surface area contributed by atoms with E-state index in [0.29, 0.717) is 0 Å². The minimum atomic E-state index is -0.212. The highest BCUT2D eigenvalue weighted by molar-refractivity contribution is 5.94. The van der Waals surface area contributed by atoms with E-state index in [1.165, 1.54) is 17.0 Å². The summed E-state index contributed by atoms with van der Waals surface area (Å²) in [5, 5.41) is 0. The van der Waals surface area contributed by atoms with E-state index in [-0.39, 0.29) is 11.7 Å². The van der Waals surface area contributed by atoms with Gasteiger partial charge in [-0.2, -0.15) is 0 Å². The summed E-state index contributed by atoms with van der Waals surface area (Å²) < 4.78 is 13.0. The van der Waals surface area contributed by atoms with Crippen molar-refractivity contribution in [3.8, 4) is 0 Å². The highest BCUT2D eigenvalue weighted by Gasteiger charge is 2.25. The molecular weight excluding hydrogens is 279 g/mol. The number of hydrogen-bond acceptors (Lipinski definition) is 1. The number of quaternary nitrogens is 1. The van der Waals surface area contributed by atoms with Gasteiger partial charge in [-0.15, -0.1) is 0 Å². The van der Waals surface area contributed by atoms with Crippen molar-refractivity contribution in [2.24, 2.45) is 0 Å². The topological polar surface area (TPSA) is 24.8 Å². The number of amides is 1. The Morgan fingerprint density at radius 2 is 1.77 bits per heavy atom. The fourth-order valence-corrected chi connectivity index (χ4v) is 2.91. The van der Waals surface area contributed by atoms with Gasteiger partial charge < -0.3 is 4.90 Å². The first-order chi connectivity index (χ1) is 10.6. The summed E-state index contributed by atoms with van der Waals surface area (Å²) in [7, 11) is 0. The molecule has 0 bridgehead atoms. The first kappa shape index (κ1) is 14.7. The van der Waals surface area contributed by atoms with E-state index in [1.54, 1.807) is 0 Å². The van der Waals surface area contributed by atoms with Gasteiger partial charge in [0.2, 0.25) is 0 Å². The standard InChI is InChI=1S/C18H19FN2O/c1-14-3-2-4-15(13-14)18(22)21-11-9-20(10-12-21)17-7-5-16(19)6-8-17/h2-8,13H,9-12H2,1H3/p+1. The molecule has 0 saturated carbocycles. The summed E-state index contributed by atoms with van der Waals surface area (Å²) >= 11 is 0. The molecule has 0 aromatic heterocycles. The molecule has 1 aliphatic rings. The molecule has 2 aromatic rings. The summed E-state index contributed by atoms with van der Waals surface area (Å²) in [4.78, 5) is 15.7. The smallest absolute Gasteiger partial charge is 0.254 e. The van der Waals surface area contributed by atoms with Crippen LogP contribution in [0.4, 0.5) is 10.1 Å². The second-order valence-corrected chi connectivity index (χ2v) is 5.77. The van der Waals surface area contributed by atoms with E-state index in [9.17, 15) is 9.18 Å². The fraction of sp³-hybridized carbons (Fsp3) is 0.278. The van der Waals surface area contributed by atoms with Gasteiger partial charge in [0.25, 0.3) is 5.91 Å². The lowest BCUT2D eigenvalue weighted by Gasteiger charge is -2.32. The number of nitrogens with one attached hydrogen (secondary N) is 1. The van der Waals surface area contributed by atoms with Crippen LogP contribution in [0.25, 0.3) is 0 Å². The van der Waals surface area contributed by atoms with Crippen LogP contribution in [0.15, 0.2) is 48.5 Å². The number of piperazine rings is 1. The predicted molar refractivity (Wildman–Crippen MR) is 83.8 cm³/mol. The van der Waals surface area contributed by atoms with Crippen LogP contribution < -0.4 is 4.90 Å². The Labute approximate surface area is 130 Å². The molecule has 1 saturated heterocycles. The van der Waals surface area contributed by atoms with Crippen molar-refractivity contribution >= 4 is 11.6 Å². The lowest BCUT2D eigenvalue weighted by molar-refractivity contribution is -0.837. The molecule has 1 N–H and O–H groups in total. The average molecular weight is 299 g/mol. The Morgan fingerprint density at radius 3 is 2.41 bits per heavy atom. The van der Waals surface area contributed by atoms with E-state index in [1.807, 2.05) is 48.2 Å². The largest absolute Gasteiger partial charge is 0.327 e. The summed E-state index contributed by atoms with van der Waals surface area (Å²) in [6, 6.07) is 14.3. The number of carbonyl (C=O) groups is 1. The Hall–Kier alpha value is -2.20. The first-order valence-corrected chi connectivity index (χ1v) is 7.60. The van der Waals surface area contributed by atoms with Crippen LogP contribution in [-0.4, -0.2) is 37.0 Å². The van der Waals surface area contributed by atoms with Gasteiger partial charge in [0.1, 0.15) is 11.5 Å². The number of nitrogens with zero attached hydrogens (tertiary/aromatic N) is 1. The highest BCUT2D eigenvalue weighted by Crippen LogP contribution is 2.09. The zero-order valence-electron chi connectivity index (χ0n) is 12.7. The third-order valence-corrected chi connectivity index (χ3v) is 4.17. The van der Waals surface area contributed by atoms with Gasteiger partial charge in [0, 0.05) is 17.7 Å². The van der Waals surface area contributed by atoms with Crippen LogP contribution in [0.3, 0.4) is 0 Å². The summed E-state index contributed by atoms with van der Waals surface area (Å²) in [5.74, 6) is -0.113. The van der Waals surface area contributed by atoms with Gasteiger partial charge in [-0.3, -0.25) is 9.69 Å². The normalized spacial score (nSPS) is 15.8. The minimum Gasteiger partial charge on any atom is -0.327 e. The van der Waals surface area contributed by atoms with Gasteiger partial charge in [-0.1, -0.05) is 17.7 Å². The van der Waals surface area contributed by atoms with Crippen LogP contribution in [-0.2, 0) is 0 Å². The van der Waals surface area contributed by atoms with Crippen LogP contribution in [0.1, 0.15) is 15.9 Å². The molecule has 1 fully saturated rings. The molecule has 1 heterocycles. The molecule has 3 nitrogen and oxygen atoms in total. The molecule has 22 heavy (non-hydrogen) atoms. The van der Waals surface area contributed by atoms with Crippen molar-refractivity contribution < 1.29 is 14.1 Å². The SMILES string of the molecule is Cc1cccc(C(=O)N2CC[NH+](c3ccc(F)cc3)CC2)c1. The van der Waals surface area contributed by atoms with Crippen LogP contribution in [0, 0.1) is 12.7 Å². The second kappa shape index (κ2) is 6.28. The van der Waals surface area contributed by atoms with Gasteiger partial charge in [0.15, 0.2) is 0 Å². The monoisotopic (exact) mass is 299 g/mol. The zero-order valence-corrected chi connectivity index (χ0v) is 12.7. The van der Waals surface area contributed by atoms with E-state index in [2.05, 4.69) is 0 Å². The molecule has 0 radical (unpaired) electrons. The first-order valence-electron chi connectivity index (χ1n) is 7.60. The number of benzene rings is 2. The molecule has 4 heteroatoms. The van der Waals surface area contributed by atoms with Crippen molar-refractivity contribution in [2.75, 3.05) is 26.2 Å². The molecule has 0 unspecified atom stereocenters. The lowest BCUT2D eigenvalue weighted by Crippen LogP contribution is -3.10. The number of rotatable bonds is 2. The molecule has 0 spiro atoms. The summed E-state index contributed by atoms with van der Waals surface area (Å²) in [6.45, 7) is 5.14. The van der Waals surface area contributed by atoms with Gasteiger partial charge >= 0.3 is 0 Å². The zero-order chi connectivity index (χ0) is 15.5. The van der Waals surface area contributed by atoms with Crippen molar-refractivity contribution in [3.63, 3.8) is 0 Å². The van der Waals surface area contributed by atoms with Crippen LogP contribution in [0.5, 0.6) is 0 Å². The van der Waals surface area contributed by atoms with Crippen molar-refractivity contribution in [3.05, 3.63) is 65.5 Å². The van der Waals surface area contributed by atoms with E-state index in [0.717, 1.165) is 43.0 Å². The Morgan fingerprint density at radius 1 is 1.09 bits per heavy atom. The molecule has 0 aliphatic carbocycles. The Kier molecular flexibility index (Phi) is 4.20. The average Bonchev–Trinajstić information content (AvgIpc) is 2.55. The molecule has 114 valence electrons. The van der Waals surface area contributed by atoms with E-state index < -0.39 is 0 Å². The Bertz CT molecular complexity index is 661. The Balaban J connectivity index is 1.64. The highest BCUT2D eigenvalue weighted by atomic mass is 19.1. The van der Waals surface area contributed by atoms with Gasteiger partial charge in [0.05, 0.1) is 26.2 Å². The number of carbonyl (C=O) groups excluding carboxylic acids is 1. The van der Waals surface area contributed by atoms with Crippen LogP contribution >= 0.6 is 0 Å². The number of hydrogen-bond donors (Lipinski definition) is 1. The van der Waals surface area contributed by atoms with E-state index in [4.69, 9.17) is 0 Å². The van der Waals surface area contributed by atoms with Gasteiger partial charge in [-0.25, -0.2) is 4.39 Å². The van der Waals surface area contributed by atoms with Crippen molar-refractivity contribution in [1.29, 1.82) is 0 Å². The van der Waals surface area contributed by atoms with Crippen molar-refractivity contribution in [1.82, 2.24) is 4.90 Å². The molecular formula is C18H20FN2O+. The molecule has 1 amide bonds. The molecule has 3 rings (SSSR count). The molecule has 0 atom stereocenters. The lowest BCUT2D eigenvalue weighted by atomic mass is 10.1. The number of aryl methyl sites for hydroxylation is 1. The maximum absolute atomic E-state index is 13.0. The maximum atomic E-state index is 13.0. The quantitative estimate of drug-likeness (QED) is 0.899. The van der Waals surface area contributed by atoms with Gasteiger partial charge in [-0.05, 0) is 31.2 Å². The number of halogens is 1.